The molecule has 0 saturated heterocycles. The molecule has 0 aliphatic rings. The van der Waals surface area contributed by atoms with E-state index in [0.717, 1.165) is 10.3 Å². The first kappa shape index (κ1) is 6.07. The van der Waals surface area contributed by atoms with Crippen LogP contribution in [-0.2, 0) is 0 Å². The number of nitrogens with zero attached hydrogens (tertiary/aromatic N) is 2. The first-order chi connectivity index (χ1) is 4.86. The van der Waals surface area contributed by atoms with Crippen molar-refractivity contribution in [2.45, 2.75) is 0 Å². The Balaban J connectivity index is 2.86. The van der Waals surface area contributed by atoms with E-state index in [1.807, 2.05) is 6.07 Å². The number of aromatic nitrogens is 2. The van der Waals surface area contributed by atoms with Crippen LogP contribution in [0.15, 0.2) is 17.6 Å². The van der Waals surface area contributed by atoms with Crippen molar-refractivity contribution in [3.8, 4) is 0 Å². The van der Waals surface area contributed by atoms with Gasteiger partial charge in [-0.2, -0.15) is 0 Å². The van der Waals surface area contributed by atoms with Gasteiger partial charge < -0.3 is 0 Å². The SMILES string of the molecule is Clc1ccc2ncsc2n1. The molecular weight excluding hydrogens is 168 g/mol. The minimum Gasteiger partial charge on any atom is -0.243 e. The van der Waals surface area contributed by atoms with Crippen LogP contribution < -0.4 is 0 Å². The molecule has 2 nitrogen and oxygen atoms in total. The lowest BCUT2D eigenvalue weighted by molar-refractivity contribution is 1.41. The van der Waals surface area contributed by atoms with Crippen LogP contribution in [0.25, 0.3) is 10.3 Å². The van der Waals surface area contributed by atoms with Crippen LogP contribution >= 0.6 is 22.9 Å². The molecule has 0 spiro atoms. The summed E-state index contributed by atoms with van der Waals surface area (Å²) in [4.78, 5) is 9.01. The van der Waals surface area contributed by atoms with Gasteiger partial charge in [0.05, 0.1) is 5.51 Å². The van der Waals surface area contributed by atoms with Gasteiger partial charge in [-0.1, -0.05) is 11.6 Å². The van der Waals surface area contributed by atoms with E-state index in [4.69, 9.17) is 11.6 Å². The summed E-state index contributed by atoms with van der Waals surface area (Å²) in [6.07, 6.45) is 0. The second kappa shape index (κ2) is 2.18. The van der Waals surface area contributed by atoms with Gasteiger partial charge in [-0.15, -0.1) is 11.3 Å². The topological polar surface area (TPSA) is 25.8 Å². The highest BCUT2D eigenvalue weighted by Crippen LogP contribution is 2.16. The first-order valence-electron chi connectivity index (χ1n) is 2.72. The van der Waals surface area contributed by atoms with E-state index in [0.29, 0.717) is 5.15 Å². The van der Waals surface area contributed by atoms with Crippen molar-refractivity contribution in [1.29, 1.82) is 0 Å². The maximum atomic E-state index is 5.64. The third-order valence-corrected chi connectivity index (χ3v) is 2.11. The Kier molecular flexibility index (Phi) is 1.32. The summed E-state index contributed by atoms with van der Waals surface area (Å²) in [5, 5.41) is 0.525. The Labute approximate surface area is 66.5 Å². The highest BCUT2D eigenvalue weighted by Gasteiger charge is 1.96. The average Bonchev–Trinajstić information content (AvgIpc) is 2.33. The molecule has 2 aromatic heterocycles. The molecule has 0 N–H and O–H groups in total. The number of rotatable bonds is 0. The molecule has 50 valence electrons. The van der Waals surface area contributed by atoms with E-state index in [9.17, 15) is 0 Å². The summed E-state index contributed by atoms with van der Waals surface area (Å²) >= 11 is 7.14. The maximum absolute atomic E-state index is 5.64. The van der Waals surface area contributed by atoms with Gasteiger partial charge >= 0.3 is 0 Å². The van der Waals surface area contributed by atoms with Gasteiger partial charge in [-0.25, -0.2) is 9.97 Å². The minimum atomic E-state index is 0.525. The van der Waals surface area contributed by atoms with E-state index < -0.39 is 0 Å². The molecule has 0 saturated carbocycles. The predicted molar refractivity (Wildman–Crippen MR) is 42.4 cm³/mol. The van der Waals surface area contributed by atoms with Crippen molar-refractivity contribution in [2.75, 3.05) is 0 Å². The number of pyridine rings is 1. The largest absolute Gasteiger partial charge is 0.243 e. The summed E-state index contributed by atoms with van der Waals surface area (Å²) in [7, 11) is 0. The predicted octanol–water partition coefficient (Wildman–Crippen LogP) is 2.34. The number of fused-ring (bicyclic) bond motifs is 1. The van der Waals surface area contributed by atoms with E-state index >= 15 is 0 Å². The van der Waals surface area contributed by atoms with Crippen LogP contribution in [0.1, 0.15) is 0 Å². The van der Waals surface area contributed by atoms with Gasteiger partial charge in [-0.3, -0.25) is 0 Å². The van der Waals surface area contributed by atoms with Crippen molar-refractivity contribution in [1.82, 2.24) is 9.97 Å². The molecule has 0 aliphatic carbocycles. The van der Waals surface area contributed by atoms with Crippen LogP contribution in [0.5, 0.6) is 0 Å². The van der Waals surface area contributed by atoms with Crippen molar-refractivity contribution >= 4 is 33.3 Å². The van der Waals surface area contributed by atoms with Gasteiger partial charge in [0.25, 0.3) is 0 Å². The van der Waals surface area contributed by atoms with Crippen molar-refractivity contribution in [3.63, 3.8) is 0 Å². The van der Waals surface area contributed by atoms with Gasteiger partial charge in [-0.05, 0) is 12.1 Å². The average molecular weight is 171 g/mol. The molecule has 0 radical (unpaired) electrons. The van der Waals surface area contributed by atoms with Gasteiger partial charge in [0.15, 0.2) is 0 Å². The quantitative estimate of drug-likeness (QED) is 0.568. The third-order valence-electron chi connectivity index (χ3n) is 1.16. The van der Waals surface area contributed by atoms with E-state index in [2.05, 4.69) is 9.97 Å². The molecule has 0 amide bonds. The summed E-state index contributed by atoms with van der Waals surface area (Å²) < 4.78 is 0. The highest BCUT2D eigenvalue weighted by molar-refractivity contribution is 7.16. The summed E-state index contributed by atoms with van der Waals surface area (Å²) in [6.45, 7) is 0. The number of hydrogen-bond donors (Lipinski definition) is 0. The van der Waals surface area contributed by atoms with Crippen LogP contribution in [0.4, 0.5) is 0 Å². The Morgan fingerprint density at radius 2 is 2.30 bits per heavy atom. The lowest BCUT2D eigenvalue weighted by atomic mass is 10.5. The molecule has 0 aromatic carbocycles. The Hall–Kier alpha value is -0.670. The standard InChI is InChI=1S/C6H3ClN2S/c7-5-2-1-4-6(9-5)10-3-8-4/h1-3H. The zero-order valence-electron chi connectivity index (χ0n) is 4.91. The molecule has 0 bridgehead atoms. The Morgan fingerprint density at radius 1 is 1.40 bits per heavy atom. The highest BCUT2D eigenvalue weighted by atomic mass is 35.5. The Morgan fingerprint density at radius 3 is 3.20 bits per heavy atom. The molecule has 2 rings (SSSR count). The molecule has 4 heteroatoms. The summed E-state index contributed by atoms with van der Waals surface area (Å²) in [5.41, 5.74) is 2.67. The summed E-state index contributed by atoms with van der Waals surface area (Å²) in [6, 6.07) is 3.60. The molecule has 0 fully saturated rings. The van der Waals surface area contributed by atoms with E-state index in [1.54, 1.807) is 11.6 Å². The van der Waals surface area contributed by atoms with Crippen LogP contribution in [0.2, 0.25) is 5.15 Å². The van der Waals surface area contributed by atoms with Crippen LogP contribution in [-0.4, -0.2) is 9.97 Å². The fraction of sp³-hybridized carbons (Fsp3) is 0. The lowest BCUT2D eigenvalue weighted by Crippen LogP contribution is -1.72. The fourth-order valence-electron chi connectivity index (χ4n) is 0.729. The van der Waals surface area contributed by atoms with E-state index in [-0.39, 0.29) is 0 Å². The maximum Gasteiger partial charge on any atom is 0.144 e. The van der Waals surface area contributed by atoms with Crippen LogP contribution in [0.3, 0.4) is 0 Å². The molecule has 0 unspecified atom stereocenters. The molecule has 10 heavy (non-hydrogen) atoms. The third kappa shape index (κ3) is 0.874. The molecule has 0 aliphatic heterocycles. The lowest BCUT2D eigenvalue weighted by Gasteiger charge is -1.85. The second-order valence-electron chi connectivity index (χ2n) is 1.81. The van der Waals surface area contributed by atoms with Crippen molar-refractivity contribution < 1.29 is 0 Å². The second-order valence-corrected chi connectivity index (χ2v) is 3.03. The first-order valence-corrected chi connectivity index (χ1v) is 3.98. The van der Waals surface area contributed by atoms with Gasteiger partial charge in [0, 0.05) is 0 Å². The van der Waals surface area contributed by atoms with E-state index in [1.165, 1.54) is 11.3 Å². The van der Waals surface area contributed by atoms with Gasteiger partial charge in [0.1, 0.15) is 15.5 Å². The zero-order chi connectivity index (χ0) is 6.97. The zero-order valence-corrected chi connectivity index (χ0v) is 6.49. The molecular formula is C6H3ClN2S. The number of thiazole rings is 1. The molecule has 2 aromatic rings. The molecule has 2 heterocycles. The number of hydrogen-bond acceptors (Lipinski definition) is 3. The summed E-state index contributed by atoms with van der Waals surface area (Å²) in [5.74, 6) is 0. The van der Waals surface area contributed by atoms with Crippen LogP contribution in [0, 0.1) is 0 Å². The monoisotopic (exact) mass is 170 g/mol. The van der Waals surface area contributed by atoms with Crippen molar-refractivity contribution in [3.05, 3.63) is 22.8 Å². The van der Waals surface area contributed by atoms with Crippen molar-refractivity contribution in [2.24, 2.45) is 0 Å². The number of halogens is 1. The Bertz CT molecular complexity index is 357. The van der Waals surface area contributed by atoms with Gasteiger partial charge in [0.2, 0.25) is 0 Å². The minimum absolute atomic E-state index is 0.525. The fourth-order valence-corrected chi connectivity index (χ4v) is 1.58. The molecule has 0 atom stereocenters. The smallest absolute Gasteiger partial charge is 0.144 e. The normalized spacial score (nSPS) is 10.5.